The molecule has 0 bridgehead atoms. The Kier molecular flexibility index (Phi) is 5.94. The number of alkyl halides is 3. The number of nitrogens with two attached hydrogens (primary N) is 1. The third kappa shape index (κ3) is 5.09. The zero-order chi connectivity index (χ0) is 20.4. The first kappa shape index (κ1) is 20.5. The largest absolute Gasteiger partial charge is 0.432 e. The molecule has 0 spiro atoms. The molecular weight excluding hydrogens is 394 g/mol. The van der Waals surface area contributed by atoms with E-state index < -0.39 is 47.4 Å². The molecule has 1 aliphatic heterocycles. The second-order valence-corrected chi connectivity index (χ2v) is 5.99. The molecule has 0 radical (unpaired) electrons. The Hall–Kier alpha value is -2.82. The fraction of sp³-hybridized carbons (Fsp3) is 0.267. The fourth-order valence-corrected chi connectivity index (χ4v) is 2.43. The van der Waals surface area contributed by atoms with Gasteiger partial charge < -0.3 is 21.7 Å². The standard InChI is InChI=1S/C15H14ClF4N5O2/c16-7-3-6(1-2-8(7)17)12(9(21)4-11(22)15(18,19)20)25-13(26)10-5-23-14(27)24-10/h1-4,10,12,22H,5,21H2,(H,25,26)(H2,23,24,27). The van der Waals surface area contributed by atoms with Crippen LogP contribution >= 0.6 is 11.6 Å². The minimum absolute atomic E-state index is 0.0381. The Labute approximate surface area is 155 Å². The number of urea groups is 1. The number of rotatable bonds is 5. The third-order valence-corrected chi connectivity index (χ3v) is 3.89. The lowest BCUT2D eigenvalue weighted by molar-refractivity contribution is -0.123. The number of carbonyl (C=O) groups excluding carboxylic acids is 2. The van der Waals surface area contributed by atoms with Gasteiger partial charge in [-0.25, -0.2) is 9.18 Å². The molecule has 2 atom stereocenters. The number of allylic oxidation sites excluding steroid dienone is 1. The lowest BCUT2D eigenvalue weighted by atomic mass is 10.0. The maximum Gasteiger partial charge on any atom is 0.432 e. The molecule has 146 valence electrons. The van der Waals surface area contributed by atoms with E-state index in [0.29, 0.717) is 6.08 Å². The van der Waals surface area contributed by atoms with E-state index in [-0.39, 0.29) is 17.1 Å². The van der Waals surface area contributed by atoms with Gasteiger partial charge in [-0.15, -0.1) is 0 Å². The Morgan fingerprint density at radius 1 is 1.44 bits per heavy atom. The van der Waals surface area contributed by atoms with E-state index in [0.717, 1.165) is 12.1 Å². The van der Waals surface area contributed by atoms with Crippen molar-refractivity contribution in [2.45, 2.75) is 18.3 Å². The SMILES string of the molecule is N=C(C=C(N)C(NC(=O)C1CNC(=O)N1)c1ccc(F)c(Cl)c1)C(F)(F)F. The van der Waals surface area contributed by atoms with Crippen LogP contribution in [0, 0.1) is 11.2 Å². The summed E-state index contributed by atoms with van der Waals surface area (Å²) in [5, 5.41) is 13.7. The molecule has 1 saturated heterocycles. The van der Waals surface area contributed by atoms with Gasteiger partial charge >= 0.3 is 12.2 Å². The predicted molar refractivity (Wildman–Crippen MR) is 88.7 cm³/mol. The van der Waals surface area contributed by atoms with Crippen molar-refractivity contribution < 1.29 is 27.2 Å². The summed E-state index contributed by atoms with van der Waals surface area (Å²) in [5.41, 5.74) is 3.51. The van der Waals surface area contributed by atoms with Crippen LogP contribution in [0.2, 0.25) is 5.02 Å². The van der Waals surface area contributed by atoms with Crippen molar-refractivity contribution in [3.63, 3.8) is 0 Å². The molecule has 1 heterocycles. The van der Waals surface area contributed by atoms with Crippen molar-refractivity contribution in [1.29, 1.82) is 5.41 Å². The highest BCUT2D eigenvalue weighted by molar-refractivity contribution is 6.30. The summed E-state index contributed by atoms with van der Waals surface area (Å²) in [6.07, 6.45) is -4.60. The van der Waals surface area contributed by atoms with Gasteiger partial charge in [0.2, 0.25) is 5.91 Å². The van der Waals surface area contributed by atoms with Crippen molar-refractivity contribution in [1.82, 2.24) is 16.0 Å². The van der Waals surface area contributed by atoms with Crippen LogP contribution in [0.15, 0.2) is 30.0 Å². The third-order valence-electron chi connectivity index (χ3n) is 3.60. The molecule has 7 nitrogen and oxygen atoms in total. The first-order valence-electron chi connectivity index (χ1n) is 7.41. The monoisotopic (exact) mass is 407 g/mol. The highest BCUT2D eigenvalue weighted by atomic mass is 35.5. The fourth-order valence-electron chi connectivity index (χ4n) is 2.24. The zero-order valence-electron chi connectivity index (χ0n) is 13.5. The second-order valence-electron chi connectivity index (χ2n) is 5.58. The molecule has 27 heavy (non-hydrogen) atoms. The van der Waals surface area contributed by atoms with E-state index in [1.807, 2.05) is 0 Å². The van der Waals surface area contributed by atoms with Gasteiger partial charge in [-0.05, 0) is 23.8 Å². The van der Waals surface area contributed by atoms with Crippen LogP contribution in [0.3, 0.4) is 0 Å². The number of benzene rings is 1. The van der Waals surface area contributed by atoms with Gasteiger partial charge in [0.1, 0.15) is 17.6 Å². The predicted octanol–water partition coefficient (Wildman–Crippen LogP) is 1.74. The Morgan fingerprint density at radius 2 is 2.11 bits per heavy atom. The van der Waals surface area contributed by atoms with E-state index in [1.165, 1.54) is 6.07 Å². The molecule has 1 aliphatic rings. The molecule has 1 aromatic rings. The minimum atomic E-state index is -4.94. The zero-order valence-corrected chi connectivity index (χ0v) is 14.2. The number of carbonyl (C=O) groups is 2. The maximum atomic E-state index is 13.4. The van der Waals surface area contributed by atoms with E-state index in [1.54, 1.807) is 0 Å². The van der Waals surface area contributed by atoms with E-state index in [4.69, 9.17) is 22.7 Å². The van der Waals surface area contributed by atoms with Crippen LogP contribution in [-0.4, -0.2) is 36.4 Å². The average molecular weight is 408 g/mol. The van der Waals surface area contributed by atoms with Crippen LogP contribution in [-0.2, 0) is 4.79 Å². The second kappa shape index (κ2) is 7.82. The molecule has 1 fully saturated rings. The van der Waals surface area contributed by atoms with Crippen LogP contribution in [0.1, 0.15) is 11.6 Å². The first-order chi connectivity index (χ1) is 12.5. The summed E-state index contributed by atoms with van der Waals surface area (Å²) >= 11 is 5.69. The van der Waals surface area contributed by atoms with Gasteiger partial charge in [-0.1, -0.05) is 17.7 Å². The van der Waals surface area contributed by atoms with Crippen molar-refractivity contribution in [2.75, 3.05) is 6.54 Å². The van der Waals surface area contributed by atoms with Gasteiger partial charge in [-0.3, -0.25) is 10.2 Å². The summed E-state index contributed by atoms with van der Waals surface area (Å²) in [7, 11) is 0. The normalized spacial score (nSPS) is 18.5. The topological polar surface area (TPSA) is 120 Å². The number of halogens is 5. The summed E-state index contributed by atoms with van der Waals surface area (Å²) in [5.74, 6) is -1.52. The van der Waals surface area contributed by atoms with Crippen LogP contribution in [0.4, 0.5) is 22.4 Å². The summed E-state index contributed by atoms with van der Waals surface area (Å²) in [6, 6.07) is 0.319. The molecule has 6 N–H and O–H groups in total. The smallest absolute Gasteiger partial charge is 0.400 e. The van der Waals surface area contributed by atoms with E-state index in [2.05, 4.69) is 16.0 Å². The summed E-state index contributed by atoms with van der Waals surface area (Å²) in [4.78, 5) is 23.4. The minimum Gasteiger partial charge on any atom is -0.400 e. The summed E-state index contributed by atoms with van der Waals surface area (Å²) in [6.45, 7) is -0.0381. The van der Waals surface area contributed by atoms with Gasteiger partial charge in [0, 0.05) is 12.2 Å². The number of hydrogen-bond donors (Lipinski definition) is 5. The van der Waals surface area contributed by atoms with Gasteiger partial charge in [0.25, 0.3) is 0 Å². The molecular formula is C15H14ClF4N5O2. The van der Waals surface area contributed by atoms with Crippen molar-refractivity contribution in [3.8, 4) is 0 Å². The van der Waals surface area contributed by atoms with Crippen molar-refractivity contribution in [2.24, 2.45) is 5.73 Å². The van der Waals surface area contributed by atoms with Crippen LogP contribution in [0.5, 0.6) is 0 Å². The number of nitrogens with one attached hydrogen (secondary N) is 4. The molecule has 2 unspecified atom stereocenters. The van der Waals surface area contributed by atoms with Crippen molar-refractivity contribution in [3.05, 3.63) is 46.4 Å². The first-order valence-corrected chi connectivity index (χ1v) is 7.79. The molecule has 1 aromatic carbocycles. The number of hydrogen-bond acceptors (Lipinski definition) is 4. The van der Waals surface area contributed by atoms with Crippen molar-refractivity contribution >= 4 is 29.3 Å². The van der Waals surface area contributed by atoms with Crippen LogP contribution < -0.4 is 21.7 Å². The highest BCUT2D eigenvalue weighted by Crippen LogP contribution is 2.26. The summed E-state index contributed by atoms with van der Waals surface area (Å²) < 4.78 is 51.2. The Morgan fingerprint density at radius 3 is 2.63 bits per heavy atom. The Bertz CT molecular complexity index is 812. The Balaban J connectivity index is 2.34. The van der Waals surface area contributed by atoms with E-state index >= 15 is 0 Å². The molecule has 0 aromatic heterocycles. The van der Waals surface area contributed by atoms with Gasteiger partial charge in [0.15, 0.2) is 0 Å². The van der Waals surface area contributed by atoms with Gasteiger partial charge in [0.05, 0.1) is 11.1 Å². The average Bonchev–Trinajstić information content (AvgIpc) is 3.00. The van der Waals surface area contributed by atoms with Crippen LogP contribution in [0.25, 0.3) is 0 Å². The molecule has 0 aliphatic carbocycles. The molecule has 0 saturated carbocycles. The quantitative estimate of drug-likeness (QED) is 0.377. The number of amides is 3. The lowest BCUT2D eigenvalue weighted by Gasteiger charge is -2.22. The lowest BCUT2D eigenvalue weighted by Crippen LogP contribution is -2.45. The highest BCUT2D eigenvalue weighted by Gasteiger charge is 2.34. The van der Waals surface area contributed by atoms with E-state index in [9.17, 15) is 27.2 Å². The molecule has 3 amide bonds. The molecule has 12 heteroatoms. The maximum absolute atomic E-state index is 13.4. The molecule has 2 rings (SSSR count). The van der Waals surface area contributed by atoms with Gasteiger partial charge in [-0.2, -0.15) is 13.2 Å².